The second kappa shape index (κ2) is 6.44. The SMILES string of the molecule is Cc1nc2ccc(NC(=O)CNC(=O)C3CCCC3)cc2s1. The number of aryl methyl sites for hydroxylation is 1. The average Bonchev–Trinajstić information content (AvgIpc) is 3.12. The standard InChI is InChI=1S/C16H19N3O2S/c1-10-18-13-7-6-12(8-14(13)22-10)19-15(20)9-17-16(21)11-4-2-3-5-11/h6-8,11H,2-5,9H2,1H3,(H,17,21)(H,19,20). The number of rotatable bonds is 4. The summed E-state index contributed by atoms with van der Waals surface area (Å²) in [6.45, 7) is 1.98. The molecule has 0 aliphatic heterocycles. The van der Waals surface area contributed by atoms with Gasteiger partial charge in [-0.05, 0) is 38.0 Å². The topological polar surface area (TPSA) is 71.1 Å². The largest absolute Gasteiger partial charge is 0.347 e. The lowest BCUT2D eigenvalue weighted by Crippen LogP contribution is -2.36. The first kappa shape index (κ1) is 15.0. The quantitative estimate of drug-likeness (QED) is 0.911. The molecule has 2 amide bonds. The number of benzene rings is 1. The van der Waals surface area contributed by atoms with Gasteiger partial charge in [-0.2, -0.15) is 0 Å². The molecular weight excluding hydrogens is 298 g/mol. The van der Waals surface area contributed by atoms with Crippen LogP contribution in [0.2, 0.25) is 0 Å². The molecule has 1 heterocycles. The predicted molar refractivity (Wildman–Crippen MR) is 88.0 cm³/mol. The summed E-state index contributed by atoms with van der Waals surface area (Å²) in [7, 11) is 0. The van der Waals surface area contributed by atoms with Gasteiger partial charge in [0.2, 0.25) is 11.8 Å². The van der Waals surface area contributed by atoms with Gasteiger partial charge in [-0.1, -0.05) is 12.8 Å². The minimum atomic E-state index is -0.202. The van der Waals surface area contributed by atoms with E-state index in [1.165, 1.54) is 0 Å². The van der Waals surface area contributed by atoms with Crippen molar-refractivity contribution in [2.24, 2.45) is 5.92 Å². The maximum Gasteiger partial charge on any atom is 0.243 e. The van der Waals surface area contributed by atoms with Crippen molar-refractivity contribution in [3.8, 4) is 0 Å². The van der Waals surface area contributed by atoms with Gasteiger partial charge >= 0.3 is 0 Å². The number of thiazole rings is 1. The summed E-state index contributed by atoms with van der Waals surface area (Å²) < 4.78 is 1.05. The third-order valence-corrected chi connectivity index (χ3v) is 4.86. The average molecular weight is 317 g/mol. The predicted octanol–water partition coefficient (Wildman–Crippen LogP) is 2.85. The van der Waals surface area contributed by atoms with Crippen molar-refractivity contribution in [2.75, 3.05) is 11.9 Å². The van der Waals surface area contributed by atoms with Gasteiger partial charge < -0.3 is 10.6 Å². The lowest BCUT2D eigenvalue weighted by molar-refractivity contribution is -0.127. The fraction of sp³-hybridized carbons (Fsp3) is 0.438. The van der Waals surface area contributed by atoms with Crippen LogP contribution in [0, 0.1) is 12.8 Å². The number of aromatic nitrogens is 1. The molecule has 1 aromatic heterocycles. The van der Waals surface area contributed by atoms with Crippen LogP contribution in [0.3, 0.4) is 0 Å². The summed E-state index contributed by atoms with van der Waals surface area (Å²) in [5.74, 6) is -0.113. The molecule has 2 N–H and O–H groups in total. The van der Waals surface area contributed by atoms with Crippen LogP contribution >= 0.6 is 11.3 Å². The van der Waals surface area contributed by atoms with Crippen molar-refractivity contribution >= 4 is 39.1 Å². The van der Waals surface area contributed by atoms with Gasteiger partial charge in [-0.25, -0.2) is 4.98 Å². The van der Waals surface area contributed by atoms with E-state index < -0.39 is 0 Å². The number of hydrogen-bond donors (Lipinski definition) is 2. The van der Waals surface area contributed by atoms with Crippen molar-refractivity contribution in [3.05, 3.63) is 23.2 Å². The first-order valence-corrected chi connectivity index (χ1v) is 8.38. The zero-order valence-corrected chi connectivity index (χ0v) is 13.3. The molecule has 22 heavy (non-hydrogen) atoms. The molecule has 1 aliphatic rings. The number of fused-ring (bicyclic) bond motifs is 1. The zero-order valence-electron chi connectivity index (χ0n) is 12.5. The second-order valence-corrected chi connectivity index (χ2v) is 6.90. The minimum Gasteiger partial charge on any atom is -0.347 e. The Hall–Kier alpha value is -1.95. The van der Waals surface area contributed by atoms with Gasteiger partial charge in [0.15, 0.2) is 0 Å². The Balaban J connectivity index is 1.54. The number of amides is 2. The van der Waals surface area contributed by atoms with Gasteiger partial charge in [0, 0.05) is 11.6 Å². The van der Waals surface area contributed by atoms with E-state index in [4.69, 9.17) is 0 Å². The molecule has 0 unspecified atom stereocenters. The highest BCUT2D eigenvalue weighted by Crippen LogP contribution is 2.25. The summed E-state index contributed by atoms with van der Waals surface area (Å²) in [6.07, 6.45) is 4.10. The molecule has 1 saturated carbocycles. The van der Waals surface area contributed by atoms with Gasteiger partial charge in [0.25, 0.3) is 0 Å². The number of carbonyl (C=O) groups is 2. The fourth-order valence-corrected chi connectivity index (χ4v) is 3.69. The molecule has 0 atom stereocenters. The number of nitrogens with one attached hydrogen (secondary N) is 2. The van der Waals surface area contributed by atoms with E-state index in [2.05, 4.69) is 15.6 Å². The van der Waals surface area contributed by atoms with Crippen LogP contribution in [0.5, 0.6) is 0 Å². The molecule has 0 bridgehead atoms. The summed E-state index contributed by atoms with van der Waals surface area (Å²) in [5, 5.41) is 6.54. The zero-order chi connectivity index (χ0) is 15.5. The van der Waals surface area contributed by atoms with Crippen molar-refractivity contribution < 1.29 is 9.59 Å². The Morgan fingerprint density at radius 1 is 1.32 bits per heavy atom. The molecule has 1 aromatic carbocycles. The highest BCUT2D eigenvalue weighted by atomic mass is 32.1. The summed E-state index contributed by atoms with van der Waals surface area (Å²) >= 11 is 1.60. The van der Waals surface area contributed by atoms with Crippen molar-refractivity contribution in [2.45, 2.75) is 32.6 Å². The highest BCUT2D eigenvalue weighted by molar-refractivity contribution is 7.18. The number of hydrogen-bond acceptors (Lipinski definition) is 4. The monoisotopic (exact) mass is 317 g/mol. The number of carbonyl (C=O) groups excluding carboxylic acids is 2. The van der Waals surface area contributed by atoms with E-state index in [1.54, 1.807) is 11.3 Å². The maximum atomic E-state index is 11.9. The highest BCUT2D eigenvalue weighted by Gasteiger charge is 2.22. The molecule has 2 aromatic rings. The molecule has 1 fully saturated rings. The Kier molecular flexibility index (Phi) is 4.38. The summed E-state index contributed by atoms with van der Waals surface area (Å²) in [5.41, 5.74) is 1.67. The van der Waals surface area contributed by atoms with E-state index in [-0.39, 0.29) is 24.3 Å². The molecule has 0 radical (unpaired) electrons. The van der Waals surface area contributed by atoms with E-state index in [9.17, 15) is 9.59 Å². The first-order chi connectivity index (χ1) is 10.6. The third kappa shape index (κ3) is 3.44. The van der Waals surface area contributed by atoms with E-state index in [0.717, 1.165) is 46.6 Å². The molecule has 6 heteroatoms. The first-order valence-electron chi connectivity index (χ1n) is 7.56. The Morgan fingerprint density at radius 2 is 2.09 bits per heavy atom. The Morgan fingerprint density at radius 3 is 2.86 bits per heavy atom. The second-order valence-electron chi connectivity index (χ2n) is 5.66. The van der Waals surface area contributed by atoms with E-state index >= 15 is 0 Å². The number of anilines is 1. The van der Waals surface area contributed by atoms with Crippen LogP contribution in [0.25, 0.3) is 10.2 Å². The molecule has 1 aliphatic carbocycles. The minimum absolute atomic E-state index is 0.00110. The summed E-state index contributed by atoms with van der Waals surface area (Å²) in [6, 6.07) is 5.64. The smallest absolute Gasteiger partial charge is 0.243 e. The van der Waals surface area contributed by atoms with E-state index in [1.807, 2.05) is 25.1 Å². The van der Waals surface area contributed by atoms with Crippen LogP contribution in [0.4, 0.5) is 5.69 Å². The van der Waals surface area contributed by atoms with Crippen molar-refractivity contribution in [1.82, 2.24) is 10.3 Å². The van der Waals surface area contributed by atoms with Crippen molar-refractivity contribution in [1.29, 1.82) is 0 Å². The van der Waals surface area contributed by atoms with Gasteiger partial charge in [-0.15, -0.1) is 11.3 Å². The summed E-state index contributed by atoms with van der Waals surface area (Å²) in [4.78, 5) is 28.2. The van der Waals surface area contributed by atoms with Crippen molar-refractivity contribution in [3.63, 3.8) is 0 Å². The Labute approximate surface area is 133 Å². The molecule has 0 saturated heterocycles. The lowest BCUT2D eigenvalue weighted by atomic mass is 10.1. The molecule has 116 valence electrons. The molecule has 0 spiro atoms. The van der Waals surface area contributed by atoms with E-state index in [0.29, 0.717) is 0 Å². The molecular formula is C16H19N3O2S. The molecule has 3 rings (SSSR count). The van der Waals surface area contributed by atoms with Gasteiger partial charge in [-0.3, -0.25) is 9.59 Å². The fourth-order valence-electron chi connectivity index (χ4n) is 2.82. The van der Waals surface area contributed by atoms with Crippen LogP contribution in [-0.2, 0) is 9.59 Å². The normalized spacial score (nSPS) is 15.1. The van der Waals surface area contributed by atoms with Gasteiger partial charge in [0.1, 0.15) is 0 Å². The number of nitrogens with zero attached hydrogens (tertiary/aromatic N) is 1. The van der Waals surface area contributed by atoms with Crippen LogP contribution < -0.4 is 10.6 Å². The van der Waals surface area contributed by atoms with Gasteiger partial charge in [0.05, 0.1) is 21.8 Å². The van der Waals surface area contributed by atoms with Crippen LogP contribution in [0.1, 0.15) is 30.7 Å². The maximum absolute atomic E-state index is 11.9. The van der Waals surface area contributed by atoms with Crippen LogP contribution in [-0.4, -0.2) is 23.3 Å². The molecule has 5 nitrogen and oxygen atoms in total. The third-order valence-electron chi connectivity index (χ3n) is 3.93. The Bertz CT molecular complexity index is 704. The van der Waals surface area contributed by atoms with Crippen LogP contribution in [0.15, 0.2) is 18.2 Å². The lowest BCUT2D eigenvalue weighted by Gasteiger charge is -2.10.